The Kier molecular flexibility index (Phi) is 15.4. The smallest absolute Gasteiger partial charge is 0.0540 e. The van der Waals surface area contributed by atoms with E-state index in [0.29, 0.717) is 0 Å². The molecule has 2 nitrogen and oxygen atoms in total. The standard InChI is InChI=1S/C104H64N2S4/c1-3-36-76-65(24-1)26-17-45-81(76)83-38-5-9-52-93(83)105(73-33-14-29-69(61-73)78-42-22-56-97-100(78)91-41-8-12-55-96(91)107-97)72-32-13-28-67(60-72)68-58-59-86-88-48-20-49-89(103(88)110-99(86)64-68)90-50-21-51-92-101-79(43-23-57-98(101)109-104(90)92)70-30-15-34-74(62-70)106(94-53-10-6-39-84(94)82-46-18-27-66-25-2-4-37-77(66)82)75-35-16-31-71(63-75)80-44-19-47-87-85-40-7-11-54-95(85)108-102(80)87/h1-64H. The highest BCUT2D eigenvalue weighted by molar-refractivity contribution is 7.28. The second kappa shape index (κ2) is 26.4. The molecule has 4 heterocycles. The highest BCUT2D eigenvalue weighted by Gasteiger charge is 2.25. The molecule has 0 saturated carbocycles. The predicted octanol–water partition coefficient (Wildman–Crippen LogP) is 32.1. The van der Waals surface area contributed by atoms with Crippen molar-refractivity contribution in [3.63, 3.8) is 0 Å². The van der Waals surface area contributed by atoms with E-state index >= 15 is 0 Å². The summed E-state index contributed by atoms with van der Waals surface area (Å²) in [7, 11) is 0. The molecule has 110 heavy (non-hydrogen) atoms. The Hall–Kier alpha value is -13.0. The van der Waals surface area contributed by atoms with E-state index in [1.54, 1.807) is 0 Å². The summed E-state index contributed by atoms with van der Waals surface area (Å²) >= 11 is 7.56. The average Bonchev–Trinajstić information content (AvgIpc) is 1.61. The Labute approximate surface area is 652 Å². The van der Waals surface area contributed by atoms with Crippen LogP contribution in [0, 0.1) is 0 Å². The van der Waals surface area contributed by atoms with E-state index in [-0.39, 0.29) is 0 Å². The Balaban J connectivity index is 0.646. The minimum Gasteiger partial charge on any atom is -0.310 e. The van der Waals surface area contributed by atoms with Crippen LogP contribution in [0.4, 0.5) is 34.1 Å². The molecule has 4 aromatic heterocycles. The third kappa shape index (κ3) is 10.7. The van der Waals surface area contributed by atoms with Gasteiger partial charge in [-0.25, -0.2) is 0 Å². The topological polar surface area (TPSA) is 6.48 Å². The van der Waals surface area contributed by atoms with Gasteiger partial charge >= 0.3 is 0 Å². The van der Waals surface area contributed by atoms with Crippen molar-refractivity contribution in [1.82, 2.24) is 0 Å². The van der Waals surface area contributed by atoms with Crippen molar-refractivity contribution in [2.24, 2.45) is 0 Å². The lowest BCUT2D eigenvalue weighted by Crippen LogP contribution is -2.11. The first-order valence-corrected chi connectivity index (χ1v) is 40.7. The quantitative estimate of drug-likeness (QED) is 0.114. The molecule has 0 spiro atoms. The summed E-state index contributed by atoms with van der Waals surface area (Å²) in [6.45, 7) is 0. The summed E-state index contributed by atoms with van der Waals surface area (Å²) in [5.74, 6) is 0. The Morgan fingerprint density at radius 2 is 0.491 bits per heavy atom. The summed E-state index contributed by atoms with van der Waals surface area (Å²) in [5, 5.41) is 15.2. The number of hydrogen-bond donors (Lipinski definition) is 0. The van der Waals surface area contributed by atoms with Crippen molar-refractivity contribution in [1.29, 1.82) is 0 Å². The Bertz CT molecular complexity index is 7460. The number of hydrogen-bond acceptors (Lipinski definition) is 6. The fraction of sp³-hybridized carbons (Fsp3) is 0. The fourth-order valence-electron chi connectivity index (χ4n) is 17.3. The van der Waals surface area contributed by atoms with Crippen LogP contribution in [0.5, 0.6) is 0 Å². The lowest BCUT2D eigenvalue weighted by atomic mass is 9.95. The van der Waals surface area contributed by atoms with Crippen LogP contribution in [0.2, 0.25) is 0 Å². The molecule has 0 N–H and O–H groups in total. The van der Waals surface area contributed by atoms with Gasteiger partial charge in [0.2, 0.25) is 0 Å². The van der Waals surface area contributed by atoms with Gasteiger partial charge in [-0.3, -0.25) is 0 Å². The lowest BCUT2D eigenvalue weighted by molar-refractivity contribution is 1.28. The van der Waals surface area contributed by atoms with Crippen LogP contribution in [0.25, 0.3) is 180 Å². The number of nitrogens with zero attached hydrogens (tertiary/aromatic N) is 2. The minimum atomic E-state index is 1.08. The molecular formula is C104H64N2S4. The van der Waals surface area contributed by atoms with Crippen molar-refractivity contribution < 1.29 is 0 Å². The molecule has 22 rings (SSSR count). The molecule has 0 atom stereocenters. The SMILES string of the molecule is c1cc(-c2ccc3c(c2)sc2c(-c4cccc5c4sc4cccc(-c6cccc(N(c7cccc(-c8cccc9c8sc8ccccc89)c7)c7ccccc7-c7cccc8ccccc78)c6)c45)cccc23)cc(N(c2cccc(-c3cccc4sc5ccccc5c34)c2)c2ccccc2-c2cccc3ccccc23)c1. The molecule has 0 amide bonds. The maximum absolute atomic E-state index is 2.49. The molecule has 0 fully saturated rings. The molecule has 0 unspecified atom stereocenters. The summed E-state index contributed by atoms with van der Waals surface area (Å²) in [4.78, 5) is 4.97. The molecule has 0 saturated heterocycles. The van der Waals surface area contributed by atoms with Gasteiger partial charge in [-0.15, -0.1) is 45.3 Å². The predicted molar refractivity (Wildman–Crippen MR) is 480 cm³/mol. The Morgan fingerprint density at radius 3 is 1.08 bits per heavy atom. The van der Waals surface area contributed by atoms with Crippen LogP contribution in [0.15, 0.2) is 388 Å². The van der Waals surface area contributed by atoms with Gasteiger partial charge in [0.05, 0.1) is 11.4 Å². The van der Waals surface area contributed by atoms with Gasteiger partial charge in [0.25, 0.3) is 0 Å². The lowest BCUT2D eigenvalue weighted by Gasteiger charge is -2.29. The minimum absolute atomic E-state index is 1.08. The summed E-state index contributed by atoms with van der Waals surface area (Å²) in [5.41, 5.74) is 23.3. The summed E-state index contributed by atoms with van der Waals surface area (Å²) < 4.78 is 10.3. The monoisotopic (exact) mass is 1470 g/mol. The van der Waals surface area contributed by atoms with E-state index < -0.39 is 0 Å². The number of anilines is 6. The molecule has 514 valence electrons. The summed E-state index contributed by atoms with van der Waals surface area (Å²) in [6.07, 6.45) is 0. The zero-order valence-corrected chi connectivity index (χ0v) is 62.7. The number of rotatable bonds is 13. The van der Waals surface area contributed by atoms with Crippen molar-refractivity contribution in [2.75, 3.05) is 9.80 Å². The molecule has 0 aliphatic heterocycles. The normalized spacial score (nSPS) is 11.8. The summed E-state index contributed by atoms with van der Waals surface area (Å²) in [6, 6.07) is 145. The second-order valence-electron chi connectivity index (χ2n) is 28.5. The van der Waals surface area contributed by atoms with Crippen LogP contribution < -0.4 is 9.80 Å². The highest BCUT2D eigenvalue weighted by Crippen LogP contribution is 2.53. The van der Waals surface area contributed by atoms with Crippen LogP contribution in [0.3, 0.4) is 0 Å². The molecule has 22 aromatic rings. The maximum Gasteiger partial charge on any atom is 0.0540 e. The first-order valence-electron chi connectivity index (χ1n) is 37.4. The van der Waals surface area contributed by atoms with Crippen molar-refractivity contribution in [3.8, 4) is 77.9 Å². The van der Waals surface area contributed by atoms with Crippen LogP contribution in [-0.2, 0) is 0 Å². The number of para-hydroxylation sites is 2. The van der Waals surface area contributed by atoms with E-state index in [4.69, 9.17) is 0 Å². The number of benzene rings is 18. The fourth-order valence-corrected chi connectivity index (χ4v) is 22.2. The van der Waals surface area contributed by atoms with Crippen LogP contribution in [0.1, 0.15) is 0 Å². The zero-order valence-electron chi connectivity index (χ0n) is 59.5. The van der Waals surface area contributed by atoms with Gasteiger partial charge in [-0.1, -0.05) is 297 Å². The van der Waals surface area contributed by atoms with Gasteiger partial charge in [-0.05, 0) is 168 Å². The van der Waals surface area contributed by atoms with Crippen molar-refractivity contribution in [2.45, 2.75) is 0 Å². The van der Waals surface area contributed by atoms with Crippen molar-refractivity contribution >= 4 is 182 Å². The zero-order chi connectivity index (χ0) is 72.3. The van der Waals surface area contributed by atoms with E-state index in [0.717, 1.165) is 45.3 Å². The van der Waals surface area contributed by atoms with Crippen LogP contribution >= 0.6 is 45.3 Å². The highest BCUT2D eigenvalue weighted by atomic mass is 32.1. The van der Waals surface area contributed by atoms with Gasteiger partial charge in [0, 0.05) is 126 Å². The molecule has 0 bridgehead atoms. The first kappa shape index (κ1) is 64.2. The third-order valence-corrected chi connectivity index (χ3v) is 27.0. The van der Waals surface area contributed by atoms with Gasteiger partial charge < -0.3 is 9.80 Å². The molecular weight excluding hydrogens is 1410 g/mol. The third-order valence-electron chi connectivity index (χ3n) is 22.3. The van der Waals surface area contributed by atoms with E-state index in [1.807, 2.05) is 45.3 Å². The second-order valence-corrected chi connectivity index (χ2v) is 32.7. The largest absolute Gasteiger partial charge is 0.310 e. The first-order chi connectivity index (χ1) is 54.5. The van der Waals surface area contributed by atoms with E-state index in [1.165, 1.54) is 169 Å². The molecule has 18 aromatic carbocycles. The van der Waals surface area contributed by atoms with Crippen LogP contribution in [-0.4, -0.2) is 0 Å². The molecule has 6 heteroatoms. The molecule has 0 aliphatic rings. The molecule has 0 radical (unpaired) electrons. The van der Waals surface area contributed by atoms with Gasteiger partial charge in [0.1, 0.15) is 0 Å². The molecule has 0 aliphatic carbocycles. The van der Waals surface area contributed by atoms with E-state index in [2.05, 4.69) is 398 Å². The maximum atomic E-state index is 2.49. The Morgan fingerprint density at radius 1 is 0.164 bits per heavy atom. The van der Waals surface area contributed by atoms with Crippen molar-refractivity contribution in [3.05, 3.63) is 388 Å². The average molecular weight is 1470 g/mol. The van der Waals surface area contributed by atoms with Gasteiger partial charge in [-0.2, -0.15) is 0 Å². The number of fused-ring (bicyclic) bond motifs is 14. The van der Waals surface area contributed by atoms with Gasteiger partial charge in [0.15, 0.2) is 0 Å². The number of thiophene rings is 4. The van der Waals surface area contributed by atoms with E-state index in [9.17, 15) is 0 Å².